The van der Waals surface area contributed by atoms with Gasteiger partial charge in [0.1, 0.15) is 5.82 Å². The van der Waals surface area contributed by atoms with Crippen LogP contribution in [0, 0.1) is 5.92 Å². The van der Waals surface area contributed by atoms with Crippen LogP contribution in [-0.4, -0.2) is 41.0 Å². The summed E-state index contributed by atoms with van der Waals surface area (Å²) in [4.78, 5) is 8.26. The van der Waals surface area contributed by atoms with Gasteiger partial charge in [0, 0.05) is 25.5 Å². The average Bonchev–Trinajstić information content (AvgIpc) is 2.41. The molecule has 2 rings (SSSR count). The van der Waals surface area contributed by atoms with E-state index in [1.807, 2.05) is 0 Å². The zero-order valence-corrected chi connectivity index (χ0v) is 12.8. The van der Waals surface area contributed by atoms with Crippen LogP contribution < -0.4 is 5.73 Å². The molecular formula is C13H22N4O2S. The predicted octanol–water partition coefficient (Wildman–Crippen LogP) is 1.05. The number of nitrogens with zero attached hydrogens (tertiary/aromatic N) is 3. The Kier molecular flexibility index (Phi) is 4.59. The van der Waals surface area contributed by atoms with E-state index in [-0.39, 0.29) is 11.2 Å². The summed E-state index contributed by atoms with van der Waals surface area (Å²) < 4.78 is 26.1. The molecule has 1 aliphatic heterocycles. The van der Waals surface area contributed by atoms with Gasteiger partial charge in [-0.05, 0) is 39.0 Å². The van der Waals surface area contributed by atoms with E-state index < -0.39 is 10.0 Å². The summed E-state index contributed by atoms with van der Waals surface area (Å²) in [7, 11) is -3.17. The van der Waals surface area contributed by atoms with Gasteiger partial charge in [0.05, 0.1) is 10.9 Å². The standard InChI is InChI=1S/C13H22N4O2S/c1-10(2)20(18,19)17-7-3-4-11(9-17)8-12-13(14)16-6-5-15-12/h5-6,10-11H,3-4,7-9H2,1-2H3,(H2,14,16)/t11-/m0/s1. The monoisotopic (exact) mass is 298 g/mol. The van der Waals surface area contributed by atoms with Gasteiger partial charge in [0.15, 0.2) is 0 Å². The van der Waals surface area contributed by atoms with Crippen molar-refractivity contribution < 1.29 is 8.42 Å². The van der Waals surface area contributed by atoms with E-state index in [4.69, 9.17) is 5.73 Å². The summed E-state index contributed by atoms with van der Waals surface area (Å²) in [5, 5.41) is -0.372. The van der Waals surface area contributed by atoms with Gasteiger partial charge in [0.2, 0.25) is 10.0 Å². The van der Waals surface area contributed by atoms with Crippen LogP contribution in [0.5, 0.6) is 0 Å². The molecule has 1 atom stereocenters. The average molecular weight is 298 g/mol. The van der Waals surface area contributed by atoms with Crippen LogP contribution in [0.4, 0.5) is 5.82 Å². The molecule has 1 aliphatic rings. The second-order valence-corrected chi connectivity index (χ2v) is 8.04. The van der Waals surface area contributed by atoms with Crippen molar-refractivity contribution in [1.82, 2.24) is 14.3 Å². The third kappa shape index (κ3) is 3.27. The third-order valence-corrected chi connectivity index (χ3v) is 5.97. The van der Waals surface area contributed by atoms with Gasteiger partial charge in [0.25, 0.3) is 0 Å². The van der Waals surface area contributed by atoms with Gasteiger partial charge >= 0.3 is 0 Å². The highest BCUT2D eigenvalue weighted by atomic mass is 32.2. The molecule has 112 valence electrons. The number of nitrogen functional groups attached to an aromatic ring is 1. The second kappa shape index (κ2) is 6.05. The Labute approximate surface area is 120 Å². The molecule has 1 aromatic heterocycles. The first-order valence-electron chi connectivity index (χ1n) is 6.95. The van der Waals surface area contributed by atoms with Crippen LogP contribution in [0.1, 0.15) is 32.4 Å². The maximum absolute atomic E-state index is 12.2. The SMILES string of the molecule is CC(C)S(=O)(=O)N1CCC[C@@H](Cc2nccnc2N)C1. The van der Waals surface area contributed by atoms with Gasteiger partial charge in [-0.3, -0.25) is 4.98 Å². The quantitative estimate of drug-likeness (QED) is 0.897. The number of nitrogens with two attached hydrogens (primary N) is 1. The summed E-state index contributed by atoms with van der Waals surface area (Å²) in [5.74, 6) is 0.701. The Bertz CT molecular complexity index is 559. The third-order valence-electron chi connectivity index (χ3n) is 3.73. The Morgan fingerprint density at radius 2 is 2.10 bits per heavy atom. The molecule has 1 saturated heterocycles. The van der Waals surface area contributed by atoms with Crippen molar-refractivity contribution in [2.75, 3.05) is 18.8 Å². The lowest BCUT2D eigenvalue weighted by atomic mass is 9.94. The van der Waals surface area contributed by atoms with E-state index in [2.05, 4.69) is 9.97 Å². The van der Waals surface area contributed by atoms with Gasteiger partial charge in [-0.2, -0.15) is 0 Å². The van der Waals surface area contributed by atoms with Crippen molar-refractivity contribution in [3.8, 4) is 0 Å². The molecule has 0 bridgehead atoms. The minimum Gasteiger partial charge on any atom is -0.382 e. The molecule has 2 N–H and O–H groups in total. The smallest absolute Gasteiger partial charge is 0.216 e. The molecule has 0 radical (unpaired) electrons. The van der Waals surface area contributed by atoms with Crippen molar-refractivity contribution in [3.05, 3.63) is 18.1 Å². The van der Waals surface area contributed by atoms with Crippen molar-refractivity contribution in [2.24, 2.45) is 5.92 Å². The first-order chi connectivity index (χ1) is 9.41. The molecule has 0 unspecified atom stereocenters. The number of rotatable bonds is 4. The molecule has 6 nitrogen and oxygen atoms in total. The molecule has 2 heterocycles. The number of aromatic nitrogens is 2. The molecule has 1 aromatic rings. The minimum absolute atomic E-state index is 0.260. The highest BCUT2D eigenvalue weighted by molar-refractivity contribution is 7.89. The van der Waals surface area contributed by atoms with E-state index in [1.54, 1.807) is 30.5 Å². The molecule has 0 amide bonds. The maximum atomic E-state index is 12.2. The summed E-state index contributed by atoms with van der Waals surface area (Å²) in [6.07, 6.45) is 5.76. The van der Waals surface area contributed by atoms with Gasteiger partial charge < -0.3 is 5.73 Å². The van der Waals surface area contributed by atoms with Crippen molar-refractivity contribution in [1.29, 1.82) is 0 Å². The number of hydrogen-bond acceptors (Lipinski definition) is 5. The topological polar surface area (TPSA) is 89.2 Å². The zero-order valence-electron chi connectivity index (χ0n) is 12.0. The fourth-order valence-electron chi connectivity index (χ4n) is 2.53. The first-order valence-corrected chi connectivity index (χ1v) is 8.46. The van der Waals surface area contributed by atoms with E-state index >= 15 is 0 Å². The molecule has 0 aliphatic carbocycles. The zero-order chi connectivity index (χ0) is 14.8. The number of hydrogen-bond donors (Lipinski definition) is 1. The maximum Gasteiger partial charge on any atom is 0.216 e. The van der Waals surface area contributed by atoms with Crippen LogP contribution >= 0.6 is 0 Å². The Balaban J connectivity index is 2.07. The largest absolute Gasteiger partial charge is 0.382 e. The van der Waals surface area contributed by atoms with E-state index in [1.165, 1.54) is 0 Å². The van der Waals surface area contributed by atoms with Crippen LogP contribution in [0.15, 0.2) is 12.4 Å². The van der Waals surface area contributed by atoms with Crippen molar-refractivity contribution in [2.45, 2.75) is 38.4 Å². The molecule has 20 heavy (non-hydrogen) atoms. The minimum atomic E-state index is -3.17. The van der Waals surface area contributed by atoms with Crippen LogP contribution in [-0.2, 0) is 16.4 Å². The molecule has 7 heteroatoms. The summed E-state index contributed by atoms with van der Waals surface area (Å²) in [6.45, 7) is 4.61. The lowest BCUT2D eigenvalue weighted by Crippen LogP contribution is -2.43. The number of anilines is 1. The first kappa shape index (κ1) is 15.2. The highest BCUT2D eigenvalue weighted by Crippen LogP contribution is 2.24. The summed E-state index contributed by atoms with van der Waals surface area (Å²) in [6, 6.07) is 0. The van der Waals surface area contributed by atoms with E-state index in [0.717, 1.165) is 18.5 Å². The summed E-state index contributed by atoms with van der Waals surface area (Å²) in [5.41, 5.74) is 6.57. The highest BCUT2D eigenvalue weighted by Gasteiger charge is 2.31. The van der Waals surface area contributed by atoms with Crippen LogP contribution in [0.25, 0.3) is 0 Å². The number of piperidine rings is 1. The molecule has 0 spiro atoms. The van der Waals surface area contributed by atoms with Crippen LogP contribution in [0.3, 0.4) is 0 Å². The molecular weight excluding hydrogens is 276 g/mol. The number of sulfonamides is 1. The lowest BCUT2D eigenvalue weighted by molar-refractivity contribution is 0.263. The molecule has 0 saturated carbocycles. The normalized spacial score (nSPS) is 21.2. The summed E-state index contributed by atoms with van der Waals surface area (Å²) >= 11 is 0. The lowest BCUT2D eigenvalue weighted by Gasteiger charge is -2.33. The fraction of sp³-hybridized carbons (Fsp3) is 0.692. The van der Waals surface area contributed by atoms with Crippen LogP contribution in [0.2, 0.25) is 0 Å². The van der Waals surface area contributed by atoms with Gasteiger partial charge in [-0.25, -0.2) is 17.7 Å². The van der Waals surface area contributed by atoms with Gasteiger partial charge in [-0.15, -0.1) is 0 Å². The van der Waals surface area contributed by atoms with E-state index in [0.29, 0.717) is 25.3 Å². The Morgan fingerprint density at radius 1 is 1.40 bits per heavy atom. The fourth-order valence-corrected chi connectivity index (χ4v) is 3.93. The molecule has 0 aromatic carbocycles. The van der Waals surface area contributed by atoms with Crippen molar-refractivity contribution in [3.63, 3.8) is 0 Å². The van der Waals surface area contributed by atoms with Gasteiger partial charge in [-0.1, -0.05) is 0 Å². The Hall–Kier alpha value is -1.21. The van der Waals surface area contributed by atoms with Crippen molar-refractivity contribution >= 4 is 15.8 Å². The Morgan fingerprint density at radius 3 is 2.75 bits per heavy atom. The van der Waals surface area contributed by atoms with E-state index in [9.17, 15) is 8.42 Å². The molecule has 1 fully saturated rings. The second-order valence-electron chi connectivity index (χ2n) is 5.55. The predicted molar refractivity (Wildman–Crippen MR) is 78.5 cm³/mol.